The fraction of sp³-hybridized carbons (Fsp3) is 0.235. The highest BCUT2D eigenvalue weighted by Gasteiger charge is 2.14. The zero-order valence-electron chi connectivity index (χ0n) is 11.9. The van der Waals surface area contributed by atoms with Crippen molar-refractivity contribution in [3.63, 3.8) is 0 Å². The number of hydrogen-bond acceptors (Lipinski definition) is 2. The first-order valence-electron chi connectivity index (χ1n) is 6.70. The standard InChI is InChI=1S/C17H17BrN2/c1-17(2,3)20-16-14(18)10-12-9-8-11-6-4-5-7-13(11)15(12)19-16/h4-10H,1-3H3,(H,19,20). The first kappa shape index (κ1) is 13.4. The number of benzene rings is 2. The second-order valence-corrected chi connectivity index (χ2v) is 6.91. The van der Waals surface area contributed by atoms with E-state index in [0.29, 0.717) is 0 Å². The average Bonchev–Trinajstić information content (AvgIpc) is 2.38. The molecular formula is C17H17BrN2. The van der Waals surface area contributed by atoms with Gasteiger partial charge in [-0.15, -0.1) is 0 Å². The van der Waals surface area contributed by atoms with Crippen LogP contribution in [-0.4, -0.2) is 10.5 Å². The van der Waals surface area contributed by atoms with Gasteiger partial charge in [0, 0.05) is 16.3 Å². The highest BCUT2D eigenvalue weighted by Crippen LogP contribution is 2.31. The number of anilines is 1. The molecular weight excluding hydrogens is 312 g/mol. The van der Waals surface area contributed by atoms with Crippen molar-refractivity contribution in [1.29, 1.82) is 0 Å². The van der Waals surface area contributed by atoms with Crippen LogP contribution in [0.1, 0.15) is 20.8 Å². The van der Waals surface area contributed by atoms with E-state index in [9.17, 15) is 0 Å². The molecule has 0 atom stereocenters. The largest absolute Gasteiger partial charge is 0.365 e. The summed E-state index contributed by atoms with van der Waals surface area (Å²) in [6.45, 7) is 6.40. The van der Waals surface area contributed by atoms with E-state index in [0.717, 1.165) is 21.2 Å². The Hall–Kier alpha value is -1.61. The maximum Gasteiger partial charge on any atom is 0.141 e. The van der Waals surface area contributed by atoms with Crippen LogP contribution in [0.5, 0.6) is 0 Å². The first-order valence-corrected chi connectivity index (χ1v) is 7.49. The van der Waals surface area contributed by atoms with Gasteiger partial charge in [-0.1, -0.05) is 36.4 Å². The summed E-state index contributed by atoms with van der Waals surface area (Å²) in [6, 6.07) is 14.8. The summed E-state index contributed by atoms with van der Waals surface area (Å²) >= 11 is 3.61. The van der Waals surface area contributed by atoms with Gasteiger partial charge < -0.3 is 5.32 Å². The van der Waals surface area contributed by atoms with E-state index >= 15 is 0 Å². The minimum absolute atomic E-state index is 0.0201. The van der Waals surface area contributed by atoms with Crippen molar-refractivity contribution < 1.29 is 0 Å². The van der Waals surface area contributed by atoms with Crippen LogP contribution in [0.4, 0.5) is 5.82 Å². The number of hydrogen-bond donors (Lipinski definition) is 1. The molecule has 0 amide bonds. The van der Waals surface area contributed by atoms with Gasteiger partial charge in [0.15, 0.2) is 0 Å². The summed E-state index contributed by atoms with van der Waals surface area (Å²) < 4.78 is 0.996. The second-order valence-electron chi connectivity index (χ2n) is 6.05. The van der Waals surface area contributed by atoms with E-state index in [1.165, 1.54) is 10.8 Å². The van der Waals surface area contributed by atoms with Gasteiger partial charge in [0.1, 0.15) is 5.82 Å². The molecule has 0 saturated carbocycles. The number of fused-ring (bicyclic) bond motifs is 3. The second kappa shape index (κ2) is 4.74. The van der Waals surface area contributed by atoms with Crippen LogP contribution in [0.25, 0.3) is 21.7 Å². The van der Waals surface area contributed by atoms with Gasteiger partial charge in [0.2, 0.25) is 0 Å². The number of aromatic nitrogens is 1. The molecule has 0 saturated heterocycles. The molecule has 2 nitrogen and oxygen atoms in total. The third-order valence-electron chi connectivity index (χ3n) is 3.16. The molecule has 0 radical (unpaired) electrons. The number of pyridine rings is 1. The van der Waals surface area contributed by atoms with E-state index in [4.69, 9.17) is 4.98 Å². The first-order chi connectivity index (χ1) is 9.44. The van der Waals surface area contributed by atoms with Crippen LogP contribution in [0.15, 0.2) is 46.9 Å². The van der Waals surface area contributed by atoms with E-state index in [1.54, 1.807) is 0 Å². The maximum absolute atomic E-state index is 4.83. The molecule has 0 unspecified atom stereocenters. The summed E-state index contributed by atoms with van der Waals surface area (Å²) in [6.07, 6.45) is 0. The molecule has 1 N–H and O–H groups in total. The van der Waals surface area contributed by atoms with Crippen molar-refractivity contribution in [3.05, 3.63) is 46.9 Å². The van der Waals surface area contributed by atoms with Crippen molar-refractivity contribution in [2.75, 3.05) is 5.32 Å². The minimum Gasteiger partial charge on any atom is -0.365 e. The lowest BCUT2D eigenvalue weighted by atomic mass is 10.1. The van der Waals surface area contributed by atoms with E-state index in [-0.39, 0.29) is 5.54 Å². The summed E-state index contributed by atoms with van der Waals surface area (Å²) in [5.74, 6) is 0.890. The van der Waals surface area contributed by atoms with Crippen LogP contribution in [0, 0.1) is 0 Å². The van der Waals surface area contributed by atoms with Gasteiger partial charge in [-0.3, -0.25) is 0 Å². The van der Waals surface area contributed by atoms with Crippen LogP contribution < -0.4 is 5.32 Å². The van der Waals surface area contributed by atoms with Crippen molar-refractivity contribution >= 4 is 43.4 Å². The lowest BCUT2D eigenvalue weighted by Gasteiger charge is -2.22. The Morgan fingerprint density at radius 3 is 2.45 bits per heavy atom. The number of nitrogens with one attached hydrogen (secondary N) is 1. The van der Waals surface area contributed by atoms with Crippen LogP contribution in [-0.2, 0) is 0 Å². The molecule has 0 bridgehead atoms. The molecule has 20 heavy (non-hydrogen) atoms. The third kappa shape index (κ3) is 2.50. The van der Waals surface area contributed by atoms with Crippen LogP contribution in [0.3, 0.4) is 0 Å². The summed E-state index contributed by atoms with van der Waals surface area (Å²) in [7, 11) is 0. The summed E-state index contributed by atoms with van der Waals surface area (Å²) in [5.41, 5.74) is 1.02. The molecule has 3 aromatic rings. The van der Waals surface area contributed by atoms with E-state index < -0.39 is 0 Å². The molecule has 0 aliphatic carbocycles. The number of nitrogens with zero attached hydrogens (tertiary/aromatic N) is 1. The Morgan fingerprint density at radius 2 is 1.70 bits per heavy atom. The fourth-order valence-electron chi connectivity index (χ4n) is 2.33. The topological polar surface area (TPSA) is 24.9 Å². The summed E-state index contributed by atoms with van der Waals surface area (Å²) in [5, 5.41) is 7.00. The molecule has 0 fully saturated rings. The van der Waals surface area contributed by atoms with Crippen molar-refractivity contribution in [1.82, 2.24) is 4.98 Å². The molecule has 2 aromatic carbocycles. The zero-order chi connectivity index (χ0) is 14.3. The highest BCUT2D eigenvalue weighted by atomic mass is 79.9. The Balaban J connectivity index is 2.28. The zero-order valence-corrected chi connectivity index (χ0v) is 13.5. The quantitative estimate of drug-likeness (QED) is 0.608. The Kier molecular flexibility index (Phi) is 3.17. The third-order valence-corrected chi connectivity index (χ3v) is 3.76. The predicted octanol–water partition coefficient (Wildman–Crippen LogP) is 5.36. The average molecular weight is 329 g/mol. The molecule has 102 valence electrons. The molecule has 0 spiro atoms. The predicted molar refractivity (Wildman–Crippen MR) is 90.3 cm³/mol. The van der Waals surface area contributed by atoms with Gasteiger partial charge in [0.25, 0.3) is 0 Å². The fourth-order valence-corrected chi connectivity index (χ4v) is 2.76. The van der Waals surface area contributed by atoms with Gasteiger partial charge in [0.05, 0.1) is 9.99 Å². The Bertz CT molecular complexity index is 788. The van der Waals surface area contributed by atoms with Gasteiger partial charge in [-0.05, 0) is 48.2 Å². The Morgan fingerprint density at radius 1 is 1.00 bits per heavy atom. The lowest BCUT2D eigenvalue weighted by Crippen LogP contribution is -2.26. The van der Waals surface area contributed by atoms with Crippen molar-refractivity contribution in [2.45, 2.75) is 26.3 Å². The molecule has 0 aliphatic rings. The van der Waals surface area contributed by atoms with Crippen LogP contribution in [0.2, 0.25) is 0 Å². The molecule has 3 heteroatoms. The van der Waals surface area contributed by atoms with Crippen molar-refractivity contribution in [3.8, 4) is 0 Å². The molecule has 1 heterocycles. The van der Waals surface area contributed by atoms with E-state index in [2.05, 4.69) is 84.5 Å². The highest BCUT2D eigenvalue weighted by molar-refractivity contribution is 9.10. The van der Waals surface area contributed by atoms with Crippen LogP contribution >= 0.6 is 15.9 Å². The van der Waals surface area contributed by atoms with Gasteiger partial charge in [-0.2, -0.15) is 0 Å². The summed E-state index contributed by atoms with van der Waals surface area (Å²) in [4.78, 5) is 4.83. The maximum atomic E-state index is 4.83. The van der Waals surface area contributed by atoms with Gasteiger partial charge in [-0.25, -0.2) is 4.98 Å². The SMILES string of the molecule is CC(C)(C)Nc1nc2c(ccc3ccccc32)cc1Br. The Labute approximate surface area is 127 Å². The van der Waals surface area contributed by atoms with Crippen molar-refractivity contribution in [2.24, 2.45) is 0 Å². The monoisotopic (exact) mass is 328 g/mol. The molecule has 3 rings (SSSR count). The number of rotatable bonds is 1. The smallest absolute Gasteiger partial charge is 0.141 e. The van der Waals surface area contributed by atoms with E-state index in [1.807, 2.05) is 0 Å². The molecule has 1 aromatic heterocycles. The molecule has 0 aliphatic heterocycles. The lowest BCUT2D eigenvalue weighted by molar-refractivity contribution is 0.630. The number of halogens is 1. The van der Waals surface area contributed by atoms with Gasteiger partial charge >= 0.3 is 0 Å². The normalized spacial score (nSPS) is 12.0. The minimum atomic E-state index is -0.0201.